The first-order valence-corrected chi connectivity index (χ1v) is 4.52. The number of primary amides is 1. The lowest BCUT2D eigenvalue weighted by molar-refractivity contribution is -0.148. The molecule has 14 heavy (non-hydrogen) atoms. The molecule has 0 rings (SSSR count). The number of carbonyl (C=O) groups excluding carboxylic acids is 2. The average molecular weight is 203 g/mol. The van der Waals surface area contributed by atoms with Crippen molar-refractivity contribution in [1.82, 2.24) is 0 Å². The molecular weight excluding hydrogens is 186 g/mol. The topological polar surface area (TPSA) is 78.6 Å². The molecule has 82 valence electrons. The fourth-order valence-electron chi connectivity index (χ4n) is 0.664. The lowest BCUT2D eigenvalue weighted by atomic mass is 10.2. The predicted octanol–water partition coefficient (Wildman–Crippen LogP) is 0.917. The number of rotatable bonds is 5. The Hall–Kier alpha value is -1.26. The second-order valence-electron chi connectivity index (χ2n) is 3.52. The molecule has 1 unspecified atom stereocenters. The second-order valence-corrected chi connectivity index (χ2v) is 3.52. The van der Waals surface area contributed by atoms with Crippen LogP contribution in [-0.2, 0) is 14.3 Å². The van der Waals surface area contributed by atoms with Gasteiger partial charge in [0.25, 0.3) is 0 Å². The van der Waals surface area contributed by atoms with E-state index in [0.29, 0.717) is 0 Å². The molecule has 0 aromatic carbocycles. The van der Waals surface area contributed by atoms with Gasteiger partial charge in [0.1, 0.15) is 0 Å². The summed E-state index contributed by atoms with van der Waals surface area (Å²) in [5.41, 5.74) is 4.78. The maximum atomic E-state index is 11.0. The van der Waals surface area contributed by atoms with Gasteiger partial charge in [-0.15, -0.1) is 0 Å². The molecule has 0 aliphatic carbocycles. The fourth-order valence-corrected chi connectivity index (χ4v) is 0.664. The number of hydrogen-bond donors (Lipinski definition) is 1. The van der Waals surface area contributed by atoms with Crippen molar-refractivity contribution in [3.05, 3.63) is 0 Å². The molecule has 0 heterocycles. The second kappa shape index (κ2) is 6.23. The van der Waals surface area contributed by atoms with Crippen LogP contribution < -0.4 is 5.73 Å². The van der Waals surface area contributed by atoms with Crippen molar-refractivity contribution in [2.45, 2.75) is 20.8 Å². The van der Waals surface area contributed by atoms with Crippen LogP contribution in [0.2, 0.25) is 0 Å². The van der Waals surface area contributed by atoms with Gasteiger partial charge in [0, 0.05) is 5.92 Å². The summed E-state index contributed by atoms with van der Waals surface area (Å²) in [6.07, 6.45) is -0.813. The lowest BCUT2D eigenvalue weighted by Crippen LogP contribution is -2.22. The quantitative estimate of drug-likeness (QED) is 0.674. The molecule has 0 saturated carbocycles. The van der Waals surface area contributed by atoms with Crippen molar-refractivity contribution >= 4 is 12.1 Å². The Bertz CT molecular complexity index is 203. The maximum Gasteiger partial charge on any atom is 0.404 e. The highest BCUT2D eigenvalue weighted by Crippen LogP contribution is 2.01. The number of ether oxygens (including phenoxy) is 2. The number of hydrogen-bond acceptors (Lipinski definition) is 4. The molecule has 5 heteroatoms. The Morgan fingerprint density at radius 3 is 2.07 bits per heavy atom. The van der Waals surface area contributed by atoms with E-state index < -0.39 is 6.09 Å². The smallest absolute Gasteiger partial charge is 0.404 e. The highest BCUT2D eigenvalue weighted by atomic mass is 16.6. The van der Waals surface area contributed by atoms with Crippen molar-refractivity contribution in [2.75, 3.05) is 13.2 Å². The van der Waals surface area contributed by atoms with Gasteiger partial charge in [-0.25, -0.2) is 4.79 Å². The lowest BCUT2D eigenvalue weighted by Gasteiger charge is -2.12. The minimum atomic E-state index is -0.813. The third-order valence-corrected chi connectivity index (χ3v) is 1.49. The Morgan fingerprint density at radius 1 is 1.14 bits per heavy atom. The minimum absolute atomic E-state index is 0.0369. The van der Waals surface area contributed by atoms with E-state index in [9.17, 15) is 9.59 Å². The van der Waals surface area contributed by atoms with Crippen LogP contribution in [0, 0.1) is 11.8 Å². The van der Waals surface area contributed by atoms with Gasteiger partial charge in [0.05, 0.1) is 19.1 Å². The molecule has 0 saturated heterocycles. The van der Waals surface area contributed by atoms with E-state index in [1.165, 1.54) is 0 Å². The highest BCUT2D eigenvalue weighted by Gasteiger charge is 2.11. The van der Waals surface area contributed by atoms with E-state index in [2.05, 4.69) is 4.74 Å². The summed E-state index contributed by atoms with van der Waals surface area (Å²) >= 11 is 0. The molecular formula is C9H17NO4. The fraction of sp³-hybridized carbons (Fsp3) is 0.778. The summed E-state index contributed by atoms with van der Waals surface area (Å²) in [6.45, 7) is 5.72. The zero-order valence-electron chi connectivity index (χ0n) is 8.78. The molecule has 1 atom stereocenters. The monoisotopic (exact) mass is 203 g/mol. The SMILES string of the molecule is CC(COC(N)=O)COC(=O)C(C)C. The van der Waals surface area contributed by atoms with E-state index in [4.69, 9.17) is 10.5 Å². The van der Waals surface area contributed by atoms with Gasteiger partial charge >= 0.3 is 12.1 Å². The molecule has 0 spiro atoms. The van der Waals surface area contributed by atoms with E-state index in [0.717, 1.165) is 0 Å². The summed E-state index contributed by atoms with van der Waals surface area (Å²) in [6, 6.07) is 0. The van der Waals surface area contributed by atoms with Crippen LogP contribution >= 0.6 is 0 Å². The van der Waals surface area contributed by atoms with Crippen molar-refractivity contribution in [3.63, 3.8) is 0 Å². The number of esters is 1. The van der Waals surface area contributed by atoms with Crippen molar-refractivity contribution in [3.8, 4) is 0 Å². The molecule has 0 aliphatic rings. The van der Waals surface area contributed by atoms with Gasteiger partial charge in [0.2, 0.25) is 0 Å². The van der Waals surface area contributed by atoms with Gasteiger partial charge in [-0.05, 0) is 0 Å². The summed E-state index contributed by atoms with van der Waals surface area (Å²) in [7, 11) is 0. The van der Waals surface area contributed by atoms with E-state index in [1.807, 2.05) is 0 Å². The van der Waals surface area contributed by atoms with Crippen LogP contribution in [0.25, 0.3) is 0 Å². The van der Waals surface area contributed by atoms with E-state index >= 15 is 0 Å². The zero-order valence-corrected chi connectivity index (χ0v) is 8.78. The Kier molecular flexibility index (Phi) is 5.67. The van der Waals surface area contributed by atoms with Crippen LogP contribution in [0.15, 0.2) is 0 Å². The number of nitrogens with two attached hydrogens (primary N) is 1. The van der Waals surface area contributed by atoms with Crippen LogP contribution in [-0.4, -0.2) is 25.3 Å². The first-order chi connectivity index (χ1) is 6.43. The van der Waals surface area contributed by atoms with Gasteiger partial charge in [-0.2, -0.15) is 0 Å². The summed E-state index contributed by atoms with van der Waals surface area (Å²) in [4.78, 5) is 21.3. The minimum Gasteiger partial charge on any atom is -0.465 e. The number of amides is 1. The summed E-state index contributed by atoms with van der Waals surface area (Å²) < 4.78 is 9.47. The number of carbonyl (C=O) groups is 2. The van der Waals surface area contributed by atoms with E-state index in [1.54, 1.807) is 20.8 Å². The van der Waals surface area contributed by atoms with Gasteiger partial charge in [-0.3, -0.25) is 4.79 Å². The summed E-state index contributed by atoms with van der Waals surface area (Å²) in [5.74, 6) is -0.430. The maximum absolute atomic E-state index is 11.0. The zero-order chi connectivity index (χ0) is 11.1. The molecule has 0 radical (unpaired) electrons. The third-order valence-electron chi connectivity index (χ3n) is 1.49. The molecule has 0 fully saturated rings. The highest BCUT2D eigenvalue weighted by molar-refractivity contribution is 5.71. The van der Waals surface area contributed by atoms with E-state index in [-0.39, 0.29) is 31.0 Å². The van der Waals surface area contributed by atoms with Crippen molar-refractivity contribution < 1.29 is 19.1 Å². The third kappa shape index (κ3) is 6.28. The molecule has 0 aromatic heterocycles. The predicted molar refractivity (Wildman–Crippen MR) is 50.5 cm³/mol. The largest absolute Gasteiger partial charge is 0.465 e. The van der Waals surface area contributed by atoms with Gasteiger partial charge in [0.15, 0.2) is 0 Å². The Morgan fingerprint density at radius 2 is 1.64 bits per heavy atom. The van der Waals surface area contributed by atoms with Crippen LogP contribution in [0.3, 0.4) is 0 Å². The molecule has 0 aliphatic heterocycles. The van der Waals surface area contributed by atoms with Gasteiger partial charge in [-0.1, -0.05) is 20.8 Å². The van der Waals surface area contributed by atoms with Gasteiger partial charge < -0.3 is 15.2 Å². The van der Waals surface area contributed by atoms with Crippen LogP contribution in [0.5, 0.6) is 0 Å². The average Bonchev–Trinajstić information content (AvgIpc) is 2.10. The first-order valence-electron chi connectivity index (χ1n) is 4.52. The Balaban J connectivity index is 3.58. The van der Waals surface area contributed by atoms with Crippen LogP contribution in [0.1, 0.15) is 20.8 Å². The van der Waals surface area contributed by atoms with Crippen LogP contribution in [0.4, 0.5) is 4.79 Å². The van der Waals surface area contributed by atoms with Crippen molar-refractivity contribution in [1.29, 1.82) is 0 Å². The molecule has 2 N–H and O–H groups in total. The van der Waals surface area contributed by atoms with Crippen molar-refractivity contribution in [2.24, 2.45) is 17.6 Å². The first kappa shape index (κ1) is 12.7. The normalized spacial score (nSPS) is 12.3. The molecule has 5 nitrogen and oxygen atoms in total. The molecule has 1 amide bonds. The summed E-state index contributed by atoms with van der Waals surface area (Å²) in [5, 5.41) is 0. The standard InChI is InChI=1S/C9H17NO4/c1-6(2)8(11)13-4-7(3)5-14-9(10)12/h6-7H,4-5H2,1-3H3,(H2,10,12). The molecule has 0 aromatic rings. The Labute approximate surface area is 83.5 Å². The molecule has 0 bridgehead atoms.